The van der Waals surface area contributed by atoms with Gasteiger partial charge in [-0.25, -0.2) is 4.79 Å². The fourth-order valence-electron chi connectivity index (χ4n) is 2.38. The predicted octanol–water partition coefficient (Wildman–Crippen LogP) is 0.104. The lowest BCUT2D eigenvalue weighted by Gasteiger charge is -2.41. The summed E-state index contributed by atoms with van der Waals surface area (Å²) in [6.07, 6.45) is 0. The van der Waals surface area contributed by atoms with Crippen LogP contribution in [0.3, 0.4) is 0 Å². The van der Waals surface area contributed by atoms with Gasteiger partial charge in [0.1, 0.15) is 0 Å². The van der Waals surface area contributed by atoms with Crippen molar-refractivity contribution in [3.63, 3.8) is 0 Å². The van der Waals surface area contributed by atoms with E-state index in [2.05, 4.69) is 41.3 Å². The molecule has 0 aromatic carbocycles. The lowest BCUT2D eigenvalue weighted by atomic mass is 10.00. The second kappa shape index (κ2) is 7.45. The Morgan fingerprint density at radius 1 is 1.32 bits per heavy atom. The van der Waals surface area contributed by atoms with Gasteiger partial charge in [-0.2, -0.15) is 0 Å². The summed E-state index contributed by atoms with van der Waals surface area (Å²) in [5, 5.41) is 4.91. The lowest BCUT2D eigenvalue weighted by Crippen LogP contribution is -2.57. The molecule has 0 aromatic rings. The van der Waals surface area contributed by atoms with Gasteiger partial charge in [-0.1, -0.05) is 13.8 Å². The third kappa shape index (κ3) is 5.16. The minimum atomic E-state index is -0.414. The van der Waals surface area contributed by atoms with Gasteiger partial charge in [0.2, 0.25) is 5.91 Å². The van der Waals surface area contributed by atoms with Crippen molar-refractivity contribution < 1.29 is 9.59 Å². The van der Waals surface area contributed by atoms with Gasteiger partial charge in [-0.05, 0) is 19.9 Å². The molecule has 0 saturated carbocycles. The van der Waals surface area contributed by atoms with Crippen LogP contribution in [0.25, 0.3) is 0 Å². The number of hydrogen-bond donors (Lipinski definition) is 2. The van der Waals surface area contributed by atoms with E-state index in [1.807, 2.05) is 6.92 Å². The van der Waals surface area contributed by atoms with Gasteiger partial charge >= 0.3 is 6.03 Å². The third-order valence-electron chi connectivity index (χ3n) is 3.44. The summed E-state index contributed by atoms with van der Waals surface area (Å²) in [6, 6.07) is -0.0542. The van der Waals surface area contributed by atoms with Crippen LogP contribution in [0, 0.1) is 5.92 Å². The van der Waals surface area contributed by atoms with Crippen molar-refractivity contribution in [2.75, 3.05) is 39.8 Å². The molecule has 6 nitrogen and oxygen atoms in total. The highest BCUT2D eigenvalue weighted by molar-refractivity contribution is 5.95. The van der Waals surface area contributed by atoms with Crippen LogP contribution in [-0.4, -0.2) is 67.6 Å². The van der Waals surface area contributed by atoms with E-state index >= 15 is 0 Å². The number of likely N-dealkylation sites (N-methyl/N-ethyl adjacent to an activating group) is 1. The van der Waals surface area contributed by atoms with Crippen molar-refractivity contribution >= 4 is 11.9 Å². The van der Waals surface area contributed by atoms with E-state index in [4.69, 9.17) is 0 Å². The van der Waals surface area contributed by atoms with E-state index in [0.717, 1.165) is 19.6 Å². The fraction of sp³-hybridized carbons (Fsp3) is 0.846. The first-order valence-corrected chi connectivity index (χ1v) is 6.94. The molecule has 0 bridgehead atoms. The molecule has 1 saturated heterocycles. The Kier molecular flexibility index (Phi) is 6.24. The Hall–Kier alpha value is -1.14. The van der Waals surface area contributed by atoms with Crippen LogP contribution in [0.1, 0.15) is 20.8 Å². The van der Waals surface area contributed by atoms with Crippen LogP contribution in [0.5, 0.6) is 0 Å². The van der Waals surface area contributed by atoms with E-state index < -0.39 is 6.03 Å². The van der Waals surface area contributed by atoms with Gasteiger partial charge < -0.3 is 10.2 Å². The van der Waals surface area contributed by atoms with Crippen LogP contribution < -0.4 is 10.6 Å². The SMILES string of the molecule is CCNC(=O)NC(=O)CN1CCN(C)CC1C(C)C. The largest absolute Gasteiger partial charge is 0.338 e. The van der Waals surface area contributed by atoms with E-state index in [0.29, 0.717) is 18.5 Å². The highest BCUT2D eigenvalue weighted by atomic mass is 16.2. The molecule has 2 N–H and O–H groups in total. The van der Waals surface area contributed by atoms with Gasteiger partial charge in [-0.3, -0.25) is 15.0 Å². The number of hydrogen-bond acceptors (Lipinski definition) is 4. The highest BCUT2D eigenvalue weighted by Gasteiger charge is 2.29. The lowest BCUT2D eigenvalue weighted by molar-refractivity contribution is -0.122. The monoisotopic (exact) mass is 270 g/mol. The average Bonchev–Trinajstić information content (AvgIpc) is 2.31. The molecule has 1 heterocycles. The maximum Gasteiger partial charge on any atom is 0.321 e. The van der Waals surface area contributed by atoms with Gasteiger partial charge in [0.25, 0.3) is 0 Å². The second-order valence-corrected chi connectivity index (χ2v) is 5.45. The first-order valence-electron chi connectivity index (χ1n) is 6.94. The molecular weight excluding hydrogens is 244 g/mol. The molecule has 1 rings (SSSR count). The zero-order chi connectivity index (χ0) is 14.4. The first-order chi connectivity index (χ1) is 8.93. The van der Waals surface area contributed by atoms with Gasteiger partial charge in [0, 0.05) is 32.2 Å². The molecule has 0 aliphatic carbocycles. The quantitative estimate of drug-likeness (QED) is 0.761. The minimum absolute atomic E-state index is 0.235. The highest BCUT2D eigenvalue weighted by Crippen LogP contribution is 2.15. The Balaban J connectivity index is 2.49. The van der Waals surface area contributed by atoms with E-state index in [9.17, 15) is 9.59 Å². The maximum atomic E-state index is 11.8. The minimum Gasteiger partial charge on any atom is -0.338 e. The molecule has 6 heteroatoms. The topological polar surface area (TPSA) is 64.7 Å². The summed E-state index contributed by atoms with van der Waals surface area (Å²) in [5.74, 6) is 0.251. The van der Waals surface area contributed by atoms with Crippen molar-refractivity contribution in [3.05, 3.63) is 0 Å². The summed E-state index contributed by atoms with van der Waals surface area (Å²) in [4.78, 5) is 27.6. The van der Waals surface area contributed by atoms with E-state index in [1.54, 1.807) is 0 Å². The Morgan fingerprint density at radius 3 is 2.58 bits per heavy atom. The molecule has 3 amide bonds. The van der Waals surface area contributed by atoms with Crippen molar-refractivity contribution in [2.45, 2.75) is 26.8 Å². The molecule has 1 unspecified atom stereocenters. The van der Waals surface area contributed by atoms with Gasteiger partial charge in [0.05, 0.1) is 6.54 Å². The van der Waals surface area contributed by atoms with Crippen LogP contribution >= 0.6 is 0 Å². The molecule has 1 aliphatic heterocycles. The van der Waals surface area contributed by atoms with Crippen LogP contribution in [0.2, 0.25) is 0 Å². The van der Waals surface area contributed by atoms with E-state index in [1.165, 1.54) is 0 Å². The Bertz CT molecular complexity index is 320. The number of carbonyl (C=O) groups excluding carboxylic acids is 2. The molecule has 1 atom stereocenters. The van der Waals surface area contributed by atoms with Gasteiger partial charge in [-0.15, -0.1) is 0 Å². The summed E-state index contributed by atoms with van der Waals surface area (Å²) >= 11 is 0. The number of imide groups is 1. The maximum absolute atomic E-state index is 11.8. The summed E-state index contributed by atoms with van der Waals surface area (Å²) in [5.41, 5.74) is 0. The van der Waals surface area contributed by atoms with Crippen molar-refractivity contribution in [3.8, 4) is 0 Å². The molecule has 0 spiro atoms. The normalized spacial score (nSPS) is 21.4. The first kappa shape index (κ1) is 15.9. The number of nitrogens with zero attached hydrogens (tertiary/aromatic N) is 2. The third-order valence-corrected chi connectivity index (χ3v) is 3.44. The predicted molar refractivity (Wildman–Crippen MR) is 74.9 cm³/mol. The zero-order valence-electron chi connectivity index (χ0n) is 12.4. The molecule has 0 radical (unpaired) electrons. The second-order valence-electron chi connectivity index (χ2n) is 5.45. The average molecular weight is 270 g/mol. The van der Waals surface area contributed by atoms with Gasteiger partial charge in [0.15, 0.2) is 0 Å². The van der Waals surface area contributed by atoms with Crippen molar-refractivity contribution in [1.29, 1.82) is 0 Å². The van der Waals surface area contributed by atoms with Crippen LogP contribution in [-0.2, 0) is 4.79 Å². The molecule has 0 aromatic heterocycles. The van der Waals surface area contributed by atoms with Crippen LogP contribution in [0.15, 0.2) is 0 Å². The molecule has 110 valence electrons. The molecular formula is C13H26N4O2. The Morgan fingerprint density at radius 2 is 2.00 bits per heavy atom. The fourth-order valence-corrected chi connectivity index (χ4v) is 2.38. The van der Waals surface area contributed by atoms with Crippen LogP contribution in [0.4, 0.5) is 4.79 Å². The molecule has 19 heavy (non-hydrogen) atoms. The smallest absolute Gasteiger partial charge is 0.321 e. The number of piperazine rings is 1. The molecule has 1 aliphatic rings. The number of carbonyl (C=O) groups is 2. The zero-order valence-corrected chi connectivity index (χ0v) is 12.4. The van der Waals surface area contributed by atoms with Crippen molar-refractivity contribution in [1.82, 2.24) is 20.4 Å². The summed E-state index contributed by atoms with van der Waals surface area (Å²) in [7, 11) is 2.10. The molecule has 1 fully saturated rings. The number of nitrogens with one attached hydrogen (secondary N) is 2. The standard InChI is InChI=1S/C13H26N4O2/c1-5-14-13(19)15-12(18)9-17-7-6-16(4)8-11(17)10(2)3/h10-11H,5-9H2,1-4H3,(H2,14,15,18,19). The summed E-state index contributed by atoms with van der Waals surface area (Å²) in [6.45, 7) is 9.73. The summed E-state index contributed by atoms with van der Waals surface area (Å²) < 4.78 is 0. The Labute approximate surface area is 115 Å². The van der Waals surface area contributed by atoms with E-state index in [-0.39, 0.29) is 12.5 Å². The number of urea groups is 1. The number of rotatable bonds is 4. The van der Waals surface area contributed by atoms with Crippen molar-refractivity contribution in [2.24, 2.45) is 5.92 Å². The number of amides is 3.